The summed E-state index contributed by atoms with van der Waals surface area (Å²) in [6.45, 7) is 6.53. The fourth-order valence-corrected chi connectivity index (χ4v) is 5.14. The average molecular weight is 368 g/mol. The molecule has 1 aromatic rings. The van der Waals surface area contributed by atoms with E-state index in [9.17, 15) is 8.42 Å². The van der Waals surface area contributed by atoms with Crippen molar-refractivity contribution in [3.05, 3.63) is 29.8 Å². The Balaban J connectivity index is 1.72. The average Bonchev–Trinajstić information content (AvgIpc) is 3.06. The van der Waals surface area contributed by atoms with E-state index in [1.54, 1.807) is 13.2 Å². The highest BCUT2D eigenvalue weighted by molar-refractivity contribution is 7.89. The van der Waals surface area contributed by atoms with Crippen LogP contribution in [0.4, 0.5) is 0 Å². The van der Waals surface area contributed by atoms with Crippen LogP contribution >= 0.6 is 0 Å². The molecule has 0 amide bonds. The summed E-state index contributed by atoms with van der Waals surface area (Å²) in [5, 5.41) is 0. The van der Waals surface area contributed by atoms with Crippen molar-refractivity contribution in [3.63, 3.8) is 0 Å². The van der Waals surface area contributed by atoms with E-state index in [-0.39, 0.29) is 5.60 Å². The molecule has 0 aliphatic carbocycles. The van der Waals surface area contributed by atoms with Crippen molar-refractivity contribution in [1.29, 1.82) is 0 Å². The summed E-state index contributed by atoms with van der Waals surface area (Å²) in [6, 6.07) is 7.33. The molecule has 2 heterocycles. The Kier molecular flexibility index (Phi) is 5.80. The third kappa shape index (κ3) is 4.06. The molecule has 2 fully saturated rings. The molecular weight excluding hydrogens is 340 g/mol. The molecule has 0 aromatic heterocycles. The summed E-state index contributed by atoms with van der Waals surface area (Å²) in [5.74, 6) is 0. The first kappa shape index (κ1) is 18.8. The number of sulfonamides is 1. The van der Waals surface area contributed by atoms with E-state index in [0.717, 1.165) is 38.0 Å². The van der Waals surface area contributed by atoms with Crippen LogP contribution in [0.1, 0.15) is 25.3 Å². The Morgan fingerprint density at radius 3 is 2.64 bits per heavy atom. The second kappa shape index (κ2) is 7.72. The fraction of sp³-hybridized carbons (Fsp3) is 0.667. The smallest absolute Gasteiger partial charge is 0.243 e. The lowest BCUT2D eigenvalue weighted by Gasteiger charge is -2.27. The molecular formula is C18H28N2O4S. The van der Waals surface area contributed by atoms with Gasteiger partial charge in [-0.3, -0.25) is 4.90 Å². The van der Waals surface area contributed by atoms with Gasteiger partial charge in [-0.15, -0.1) is 0 Å². The summed E-state index contributed by atoms with van der Waals surface area (Å²) < 4.78 is 38.1. The Bertz CT molecular complexity index is 682. The number of benzene rings is 1. The van der Waals surface area contributed by atoms with Gasteiger partial charge in [0.2, 0.25) is 10.0 Å². The lowest BCUT2D eigenvalue weighted by Crippen LogP contribution is -2.40. The topological polar surface area (TPSA) is 59.1 Å². The van der Waals surface area contributed by atoms with Crippen molar-refractivity contribution in [2.24, 2.45) is 0 Å². The highest BCUT2D eigenvalue weighted by Crippen LogP contribution is 2.29. The van der Waals surface area contributed by atoms with Gasteiger partial charge in [0.1, 0.15) is 0 Å². The van der Waals surface area contributed by atoms with Gasteiger partial charge in [0.15, 0.2) is 0 Å². The lowest BCUT2D eigenvalue weighted by atomic mass is 10.00. The van der Waals surface area contributed by atoms with E-state index in [1.807, 2.05) is 18.2 Å². The van der Waals surface area contributed by atoms with Crippen molar-refractivity contribution < 1.29 is 17.9 Å². The maximum atomic E-state index is 12.8. The molecule has 2 aliphatic heterocycles. The van der Waals surface area contributed by atoms with Crippen LogP contribution < -0.4 is 0 Å². The Hall–Kier alpha value is -0.990. The number of hydrogen-bond donors (Lipinski definition) is 0. The molecule has 1 atom stereocenters. The van der Waals surface area contributed by atoms with E-state index < -0.39 is 10.0 Å². The molecule has 3 rings (SSSR count). The third-order valence-corrected chi connectivity index (χ3v) is 7.28. The summed E-state index contributed by atoms with van der Waals surface area (Å²) in [5.41, 5.74) is 0.967. The van der Waals surface area contributed by atoms with Crippen LogP contribution in [0.25, 0.3) is 0 Å². The number of likely N-dealkylation sites (tertiary alicyclic amines) is 1. The van der Waals surface area contributed by atoms with Gasteiger partial charge < -0.3 is 9.47 Å². The number of ether oxygens (including phenoxy) is 2. The van der Waals surface area contributed by atoms with Crippen molar-refractivity contribution in [3.8, 4) is 0 Å². The minimum absolute atomic E-state index is 0.0580. The molecule has 0 radical (unpaired) electrons. The van der Waals surface area contributed by atoms with Gasteiger partial charge >= 0.3 is 0 Å². The zero-order chi connectivity index (χ0) is 17.9. The van der Waals surface area contributed by atoms with Crippen LogP contribution in [0.5, 0.6) is 0 Å². The molecule has 25 heavy (non-hydrogen) atoms. The van der Waals surface area contributed by atoms with Crippen LogP contribution in [-0.4, -0.2) is 69.7 Å². The molecule has 1 unspecified atom stereocenters. The van der Waals surface area contributed by atoms with Crippen LogP contribution in [0.15, 0.2) is 29.2 Å². The first-order valence-electron chi connectivity index (χ1n) is 8.93. The van der Waals surface area contributed by atoms with Gasteiger partial charge in [-0.25, -0.2) is 8.42 Å². The van der Waals surface area contributed by atoms with Gasteiger partial charge in [0.25, 0.3) is 0 Å². The number of methoxy groups -OCH3 is 1. The maximum absolute atomic E-state index is 12.8. The fourth-order valence-electron chi connectivity index (χ4n) is 3.66. The van der Waals surface area contributed by atoms with Gasteiger partial charge in [0.05, 0.1) is 23.7 Å². The standard InChI is InChI=1S/C18H28N2O4S/c1-3-18(23-2)7-8-19(15-18)14-16-5-4-6-17(13-16)25(21,22)20-9-11-24-12-10-20/h4-6,13H,3,7-12,14-15H2,1-2H3. The van der Waals surface area contributed by atoms with Crippen molar-refractivity contribution >= 4 is 10.0 Å². The van der Waals surface area contributed by atoms with Gasteiger partial charge in [-0.05, 0) is 30.5 Å². The highest BCUT2D eigenvalue weighted by Gasteiger charge is 2.36. The van der Waals surface area contributed by atoms with E-state index in [1.165, 1.54) is 4.31 Å². The van der Waals surface area contributed by atoms with Crippen LogP contribution in [-0.2, 0) is 26.0 Å². The van der Waals surface area contributed by atoms with Gasteiger partial charge in [-0.1, -0.05) is 19.1 Å². The van der Waals surface area contributed by atoms with Gasteiger partial charge in [0, 0.05) is 39.8 Å². The molecule has 0 N–H and O–H groups in total. The zero-order valence-corrected chi connectivity index (χ0v) is 15.9. The van der Waals surface area contributed by atoms with E-state index in [0.29, 0.717) is 31.2 Å². The lowest BCUT2D eigenvalue weighted by molar-refractivity contribution is -0.00504. The molecule has 2 aliphatic rings. The first-order chi connectivity index (χ1) is 12.0. The second-order valence-corrected chi connectivity index (χ2v) is 8.80. The Morgan fingerprint density at radius 2 is 2.00 bits per heavy atom. The van der Waals surface area contributed by atoms with E-state index in [2.05, 4.69) is 11.8 Å². The summed E-state index contributed by atoms with van der Waals surface area (Å²) in [7, 11) is -1.66. The van der Waals surface area contributed by atoms with Crippen LogP contribution in [0.2, 0.25) is 0 Å². The molecule has 0 spiro atoms. The monoisotopic (exact) mass is 368 g/mol. The quantitative estimate of drug-likeness (QED) is 0.765. The Labute approximate surface area is 150 Å². The molecule has 2 saturated heterocycles. The largest absolute Gasteiger partial charge is 0.379 e. The van der Waals surface area contributed by atoms with Crippen LogP contribution in [0, 0.1) is 0 Å². The molecule has 1 aromatic carbocycles. The minimum atomic E-state index is -3.44. The number of rotatable bonds is 6. The van der Waals surface area contributed by atoms with Crippen molar-refractivity contribution in [1.82, 2.24) is 9.21 Å². The van der Waals surface area contributed by atoms with Crippen molar-refractivity contribution in [2.45, 2.75) is 36.8 Å². The number of nitrogens with zero attached hydrogens (tertiary/aromatic N) is 2. The summed E-state index contributed by atoms with van der Waals surface area (Å²) in [6.07, 6.45) is 2.01. The molecule has 0 saturated carbocycles. The van der Waals surface area contributed by atoms with Gasteiger partial charge in [-0.2, -0.15) is 4.31 Å². The summed E-state index contributed by atoms with van der Waals surface area (Å²) >= 11 is 0. The second-order valence-electron chi connectivity index (χ2n) is 6.87. The SMILES string of the molecule is CCC1(OC)CCN(Cc2cccc(S(=O)(=O)N3CCOCC3)c2)C1. The highest BCUT2D eigenvalue weighted by atomic mass is 32.2. The first-order valence-corrected chi connectivity index (χ1v) is 10.4. The maximum Gasteiger partial charge on any atom is 0.243 e. The molecule has 7 heteroatoms. The molecule has 6 nitrogen and oxygen atoms in total. The summed E-state index contributed by atoms with van der Waals surface area (Å²) in [4.78, 5) is 2.72. The van der Waals surface area contributed by atoms with Crippen LogP contribution in [0.3, 0.4) is 0 Å². The van der Waals surface area contributed by atoms with Crippen molar-refractivity contribution in [2.75, 3.05) is 46.5 Å². The number of morpholine rings is 1. The van der Waals surface area contributed by atoms with E-state index >= 15 is 0 Å². The predicted molar refractivity (Wildman–Crippen MR) is 95.9 cm³/mol. The predicted octanol–water partition coefficient (Wildman–Crippen LogP) is 1.71. The number of hydrogen-bond acceptors (Lipinski definition) is 5. The normalized spacial score (nSPS) is 26.2. The zero-order valence-electron chi connectivity index (χ0n) is 15.1. The third-order valence-electron chi connectivity index (χ3n) is 5.39. The van der Waals surface area contributed by atoms with E-state index in [4.69, 9.17) is 9.47 Å². The Morgan fingerprint density at radius 1 is 1.24 bits per heavy atom. The molecule has 140 valence electrons. The minimum Gasteiger partial charge on any atom is -0.379 e. The molecule has 0 bridgehead atoms.